The summed E-state index contributed by atoms with van der Waals surface area (Å²) in [5.41, 5.74) is 0.741. The van der Waals surface area contributed by atoms with Crippen LogP contribution in [-0.2, 0) is 18.4 Å². The molecule has 1 unspecified atom stereocenters. The molecule has 0 saturated carbocycles. The van der Waals surface area contributed by atoms with E-state index in [9.17, 15) is 4.79 Å². The minimum Gasteiger partial charge on any atom is -0.322 e. The van der Waals surface area contributed by atoms with Crippen molar-refractivity contribution >= 4 is 11.6 Å². The van der Waals surface area contributed by atoms with Crippen LogP contribution in [-0.4, -0.2) is 49.5 Å². The zero-order valence-corrected chi connectivity index (χ0v) is 12.1. The zero-order chi connectivity index (χ0) is 14.7. The number of aryl methyl sites for hydroxylation is 1. The molecule has 0 spiro atoms. The molecule has 1 N–H and O–H groups in total. The van der Waals surface area contributed by atoms with Crippen LogP contribution in [0.2, 0.25) is 0 Å². The summed E-state index contributed by atoms with van der Waals surface area (Å²) in [6.07, 6.45) is 9.44. The van der Waals surface area contributed by atoms with E-state index in [0.29, 0.717) is 12.6 Å². The molecule has 1 atom stereocenters. The van der Waals surface area contributed by atoms with Crippen molar-refractivity contribution < 1.29 is 4.79 Å². The van der Waals surface area contributed by atoms with E-state index >= 15 is 0 Å². The molecule has 1 aliphatic heterocycles. The number of carbonyl (C=O) groups excluding carboxylic acids is 1. The number of hydrogen-bond donors (Lipinski definition) is 1. The van der Waals surface area contributed by atoms with Crippen molar-refractivity contribution in [1.29, 1.82) is 0 Å². The lowest BCUT2D eigenvalue weighted by atomic mass is 10.2. The van der Waals surface area contributed by atoms with Crippen LogP contribution in [0.15, 0.2) is 30.9 Å². The van der Waals surface area contributed by atoms with Gasteiger partial charge < -0.3 is 5.32 Å². The first-order valence-electron chi connectivity index (χ1n) is 7.21. The molecular formula is C14H20N6O. The fourth-order valence-electron chi connectivity index (χ4n) is 2.81. The summed E-state index contributed by atoms with van der Waals surface area (Å²) in [5, 5.41) is 11.2. The second-order valence-corrected chi connectivity index (χ2v) is 5.45. The van der Waals surface area contributed by atoms with Gasteiger partial charge in [-0.2, -0.15) is 10.2 Å². The summed E-state index contributed by atoms with van der Waals surface area (Å²) >= 11 is 0. The minimum atomic E-state index is 0.00960. The molecule has 2 aromatic heterocycles. The Balaban J connectivity index is 1.54. The van der Waals surface area contributed by atoms with Crippen molar-refractivity contribution in [2.45, 2.75) is 25.4 Å². The maximum absolute atomic E-state index is 12.1. The molecule has 21 heavy (non-hydrogen) atoms. The molecule has 7 heteroatoms. The second kappa shape index (κ2) is 6.09. The zero-order valence-electron chi connectivity index (χ0n) is 12.1. The molecule has 0 bridgehead atoms. The fraction of sp³-hybridized carbons (Fsp3) is 0.500. The van der Waals surface area contributed by atoms with Gasteiger partial charge in [0.15, 0.2) is 0 Å². The topological polar surface area (TPSA) is 68.0 Å². The lowest BCUT2D eigenvalue weighted by Crippen LogP contribution is -2.39. The van der Waals surface area contributed by atoms with Gasteiger partial charge >= 0.3 is 0 Å². The highest BCUT2D eigenvalue weighted by atomic mass is 16.2. The predicted octanol–water partition coefficient (Wildman–Crippen LogP) is 0.720. The van der Waals surface area contributed by atoms with E-state index < -0.39 is 0 Å². The van der Waals surface area contributed by atoms with Crippen LogP contribution in [0.4, 0.5) is 5.69 Å². The van der Waals surface area contributed by atoms with Crippen molar-refractivity contribution in [3.05, 3.63) is 30.9 Å². The van der Waals surface area contributed by atoms with Gasteiger partial charge in [-0.1, -0.05) is 0 Å². The van der Waals surface area contributed by atoms with E-state index in [-0.39, 0.29) is 5.91 Å². The molecule has 3 rings (SSSR count). The monoisotopic (exact) mass is 288 g/mol. The van der Waals surface area contributed by atoms with Gasteiger partial charge in [0.2, 0.25) is 5.91 Å². The van der Waals surface area contributed by atoms with Crippen LogP contribution in [0.5, 0.6) is 0 Å². The Morgan fingerprint density at radius 1 is 1.48 bits per heavy atom. The average Bonchev–Trinajstić information content (AvgIpc) is 3.15. The highest BCUT2D eigenvalue weighted by Crippen LogP contribution is 2.18. The van der Waals surface area contributed by atoms with Crippen LogP contribution in [0, 0.1) is 0 Å². The molecule has 1 aliphatic rings. The smallest absolute Gasteiger partial charge is 0.238 e. The Hall–Kier alpha value is -2.15. The summed E-state index contributed by atoms with van der Waals surface area (Å²) in [7, 11) is 1.83. The number of nitrogens with zero attached hydrogens (tertiary/aromatic N) is 5. The summed E-state index contributed by atoms with van der Waals surface area (Å²) in [4.78, 5) is 14.3. The van der Waals surface area contributed by atoms with Crippen molar-refractivity contribution in [1.82, 2.24) is 24.5 Å². The number of anilines is 1. The number of rotatable bonds is 5. The maximum atomic E-state index is 12.1. The van der Waals surface area contributed by atoms with Gasteiger partial charge in [0.05, 0.1) is 25.0 Å². The third-order valence-corrected chi connectivity index (χ3v) is 3.79. The van der Waals surface area contributed by atoms with Gasteiger partial charge in [0.25, 0.3) is 0 Å². The Morgan fingerprint density at radius 2 is 2.38 bits per heavy atom. The van der Waals surface area contributed by atoms with Crippen LogP contribution in [0.25, 0.3) is 0 Å². The van der Waals surface area contributed by atoms with E-state index in [0.717, 1.165) is 31.6 Å². The SMILES string of the molecule is Cn1cc(NC(=O)CN2CCCC2Cn2cccn2)cn1. The van der Waals surface area contributed by atoms with Crippen molar-refractivity contribution in [3.8, 4) is 0 Å². The van der Waals surface area contributed by atoms with Crippen molar-refractivity contribution in [2.24, 2.45) is 7.05 Å². The normalized spacial score (nSPS) is 19.0. The van der Waals surface area contributed by atoms with Gasteiger partial charge in [-0.15, -0.1) is 0 Å². The third-order valence-electron chi connectivity index (χ3n) is 3.79. The molecule has 3 heterocycles. The Kier molecular flexibility index (Phi) is 4.01. The highest BCUT2D eigenvalue weighted by molar-refractivity contribution is 5.92. The molecule has 2 aromatic rings. The quantitative estimate of drug-likeness (QED) is 0.880. The molecule has 0 aliphatic carbocycles. The standard InChI is InChI=1S/C14H20N6O/c1-18-9-12(8-16-18)17-14(21)11-19-6-2-4-13(19)10-20-7-3-5-15-20/h3,5,7-9,13H,2,4,6,10-11H2,1H3,(H,17,21). The first kappa shape index (κ1) is 13.8. The van der Waals surface area contributed by atoms with Gasteiger partial charge in [-0.25, -0.2) is 0 Å². The molecule has 1 amide bonds. The minimum absolute atomic E-state index is 0.00960. The molecule has 112 valence electrons. The average molecular weight is 288 g/mol. The first-order valence-corrected chi connectivity index (χ1v) is 7.21. The number of likely N-dealkylation sites (tertiary alicyclic amines) is 1. The lowest BCUT2D eigenvalue weighted by Gasteiger charge is -2.23. The molecule has 1 saturated heterocycles. The fourth-order valence-corrected chi connectivity index (χ4v) is 2.81. The van der Waals surface area contributed by atoms with Crippen molar-refractivity contribution in [3.63, 3.8) is 0 Å². The summed E-state index contributed by atoms with van der Waals surface area (Å²) in [6, 6.07) is 2.30. The lowest BCUT2D eigenvalue weighted by molar-refractivity contribution is -0.117. The van der Waals surface area contributed by atoms with E-state index in [4.69, 9.17) is 0 Å². The van der Waals surface area contributed by atoms with Gasteiger partial charge in [-0.3, -0.25) is 19.1 Å². The summed E-state index contributed by atoms with van der Waals surface area (Å²) in [6.45, 7) is 2.22. The summed E-state index contributed by atoms with van der Waals surface area (Å²) < 4.78 is 3.61. The highest BCUT2D eigenvalue weighted by Gasteiger charge is 2.26. The number of hydrogen-bond acceptors (Lipinski definition) is 4. The Labute approximate surface area is 123 Å². The summed E-state index contributed by atoms with van der Waals surface area (Å²) in [5.74, 6) is 0.00960. The predicted molar refractivity (Wildman–Crippen MR) is 78.7 cm³/mol. The maximum Gasteiger partial charge on any atom is 0.238 e. The Bertz CT molecular complexity index is 590. The largest absolute Gasteiger partial charge is 0.322 e. The third kappa shape index (κ3) is 3.49. The number of nitrogens with one attached hydrogen (secondary N) is 1. The van der Waals surface area contributed by atoms with Crippen molar-refractivity contribution in [2.75, 3.05) is 18.4 Å². The van der Waals surface area contributed by atoms with Crippen LogP contribution in [0.3, 0.4) is 0 Å². The molecule has 0 aromatic carbocycles. The molecular weight excluding hydrogens is 268 g/mol. The van der Waals surface area contributed by atoms with Gasteiger partial charge in [0, 0.05) is 31.7 Å². The number of carbonyl (C=O) groups is 1. The first-order chi connectivity index (χ1) is 10.2. The number of amides is 1. The van der Waals surface area contributed by atoms with E-state index in [1.165, 1.54) is 0 Å². The molecule has 0 radical (unpaired) electrons. The van der Waals surface area contributed by atoms with E-state index in [1.807, 2.05) is 24.0 Å². The number of aromatic nitrogens is 4. The van der Waals surface area contributed by atoms with E-state index in [2.05, 4.69) is 20.4 Å². The van der Waals surface area contributed by atoms with Crippen LogP contribution < -0.4 is 5.32 Å². The molecule has 7 nitrogen and oxygen atoms in total. The Morgan fingerprint density at radius 3 is 3.10 bits per heavy atom. The van der Waals surface area contributed by atoms with E-state index in [1.54, 1.807) is 23.3 Å². The van der Waals surface area contributed by atoms with Crippen LogP contribution in [0.1, 0.15) is 12.8 Å². The second-order valence-electron chi connectivity index (χ2n) is 5.45. The van der Waals surface area contributed by atoms with Gasteiger partial charge in [-0.05, 0) is 25.5 Å². The molecule has 1 fully saturated rings. The van der Waals surface area contributed by atoms with Gasteiger partial charge in [0.1, 0.15) is 0 Å². The van der Waals surface area contributed by atoms with Crippen LogP contribution >= 0.6 is 0 Å².